The highest BCUT2D eigenvalue weighted by molar-refractivity contribution is 6.10. The summed E-state index contributed by atoms with van der Waals surface area (Å²) in [6, 6.07) is 6.15. The van der Waals surface area contributed by atoms with Crippen molar-refractivity contribution in [1.82, 2.24) is 25.1 Å². The van der Waals surface area contributed by atoms with Gasteiger partial charge in [-0.3, -0.25) is 4.79 Å². The number of furan rings is 1. The Balaban J connectivity index is 1.37. The van der Waals surface area contributed by atoms with Gasteiger partial charge in [-0.2, -0.15) is 5.10 Å². The number of benzene rings is 1. The average Bonchev–Trinajstić information content (AvgIpc) is 3.14. The lowest BCUT2D eigenvalue weighted by molar-refractivity contribution is 0.0951. The van der Waals surface area contributed by atoms with Gasteiger partial charge in [-0.15, -0.1) is 0 Å². The summed E-state index contributed by atoms with van der Waals surface area (Å²) in [6.45, 7) is 4.11. The van der Waals surface area contributed by atoms with E-state index in [1.165, 1.54) is 18.5 Å². The van der Waals surface area contributed by atoms with Crippen molar-refractivity contribution in [2.24, 2.45) is 0 Å². The van der Waals surface area contributed by atoms with E-state index in [0.29, 0.717) is 33.9 Å². The second-order valence-corrected chi connectivity index (χ2v) is 8.08. The third-order valence-electron chi connectivity index (χ3n) is 5.47. The second-order valence-electron chi connectivity index (χ2n) is 8.08. The molecule has 1 aromatic carbocycles. The molecule has 1 aliphatic rings. The predicted molar refractivity (Wildman–Crippen MR) is 112 cm³/mol. The van der Waals surface area contributed by atoms with Gasteiger partial charge in [0.25, 0.3) is 5.91 Å². The Morgan fingerprint density at radius 2 is 2.16 bits per heavy atom. The summed E-state index contributed by atoms with van der Waals surface area (Å²) in [5.41, 5.74) is 2.17. The van der Waals surface area contributed by atoms with E-state index in [2.05, 4.69) is 32.6 Å². The molecule has 1 aliphatic carbocycles. The first-order chi connectivity index (χ1) is 14.9. The second kappa shape index (κ2) is 7.19. The number of fused-ring (bicyclic) bond motifs is 1. The molecule has 1 amide bonds. The zero-order chi connectivity index (χ0) is 21.6. The van der Waals surface area contributed by atoms with Gasteiger partial charge in [0.2, 0.25) is 5.71 Å². The normalized spacial score (nSPS) is 14.5. The van der Waals surface area contributed by atoms with Crippen LogP contribution >= 0.6 is 0 Å². The Hall–Kier alpha value is -3.75. The molecule has 5 rings (SSSR count). The summed E-state index contributed by atoms with van der Waals surface area (Å²) in [6.07, 6.45) is 6.91. The van der Waals surface area contributed by atoms with E-state index in [-0.39, 0.29) is 23.8 Å². The smallest absolute Gasteiger partial charge is 0.255 e. The summed E-state index contributed by atoms with van der Waals surface area (Å²) in [7, 11) is 0. The fourth-order valence-corrected chi connectivity index (χ4v) is 3.49. The molecule has 0 spiro atoms. The van der Waals surface area contributed by atoms with E-state index in [1.807, 2.05) is 0 Å². The van der Waals surface area contributed by atoms with Crippen molar-refractivity contribution >= 4 is 22.8 Å². The first-order valence-electron chi connectivity index (χ1n) is 10.0. The number of hydrogen-bond acceptors (Lipinski definition) is 6. The van der Waals surface area contributed by atoms with Crippen LogP contribution in [-0.4, -0.2) is 31.2 Å². The average molecular weight is 420 g/mol. The van der Waals surface area contributed by atoms with Gasteiger partial charge in [-0.25, -0.2) is 19.0 Å². The van der Waals surface area contributed by atoms with E-state index in [1.54, 1.807) is 36.1 Å². The highest BCUT2D eigenvalue weighted by Gasteiger charge is 2.38. The number of hydrogen-bond donors (Lipinski definition) is 2. The fourth-order valence-electron chi connectivity index (χ4n) is 3.49. The van der Waals surface area contributed by atoms with Gasteiger partial charge in [-0.05, 0) is 44.9 Å². The zero-order valence-electron chi connectivity index (χ0n) is 17.1. The van der Waals surface area contributed by atoms with Crippen molar-refractivity contribution in [3.05, 3.63) is 65.7 Å². The van der Waals surface area contributed by atoms with Crippen LogP contribution in [0.2, 0.25) is 0 Å². The summed E-state index contributed by atoms with van der Waals surface area (Å²) < 4.78 is 20.7. The molecule has 31 heavy (non-hydrogen) atoms. The van der Waals surface area contributed by atoms with Gasteiger partial charge >= 0.3 is 0 Å². The fraction of sp³-hybridized carbons (Fsp3) is 0.273. The maximum absolute atomic E-state index is 13.5. The molecule has 0 unspecified atom stereocenters. The van der Waals surface area contributed by atoms with Crippen LogP contribution in [0.5, 0.6) is 0 Å². The molecule has 0 bridgehead atoms. The lowest BCUT2D eigenvalue weighted by Crippen LogP contribution is -2.24. The Morgan fingerprint density at radius 3 is 2.94 bits per heavy atom. The van der Waals surface area contributed by atoms with E-state index in [9.17, 15) is 9.18 Å². The third-order valence-corrected chi connectivity index (χ3v) is 5.47. The van der Waals surface area contributed by atoms with Gasteiger partial charge in [0.05, 0.1) is 22.8 Å². The van der Waals surface area contributed by atoms with Crippen LogP contribution in [0.15, 0.2) is 47.4 Å². The van der Waals surface area contributed by atoms with E-state index in [0.717, 1.165) is 18.4 Å². The van der Waals surface area contributed by atoms with E-state index < -0.39 is 0 Å². The minimum absolute atomic E-state index is 0.00824. The van der Waals surface area contributed by atoms with Gasteiger partial charge in [-0.1, -0.05) is 6.07 Å². The predicted octanol–water partition coefficient (Wildman–Crippen LogP) is 3.75. The lowest BCUT2D eigenvalue weighted by Gasteiger charge is -2.13. The SMILES string of the molecule is Cc1oc2ncnc(NC3(C)CC3)c2c1C(=O)NCc1cnn(-c2cccc(F)c2)c1. The van der Waals surface area contributed by atoms with Crippen molar-refractivity contribution in [3.63, 3.8) is 0 Å². The number of anilines is 1. The number of aromatic nitrogens is 4. The molecule has 3 heterocycles. The number of nitrogens with zero attached hydrogens (tertiary/aromatic N) is 4. The van der Waals surface area contributed by atoms with Crippen molar-refractivity contribution in [2.75, 3.05) is 5.32 Å². The number of carbonyl (C=O) groups excluding carboxylic acids is 1. The van der Waals surface area contributed by atoms with Crippen LogP contribution in [0, 0.1) is 12.7 Å². The topological polar surface area (TPSA) is 97.9 Å². The molecule has 1 saturated carbocycles. The Bertz CT molecular complexity index is 1290. The molecule has 4 aromatic rings. The largest absolute Gasteiger partial charge is 0.442 e. The third kappa shape index (κ3) is 3.74. The van der Waals surface area contributed by atoms with E-state index in [4.69, 9.17) is 4.42 Å². The number of carbonyl (C=O) groups is 1. The van der Waals surface area contributed by atoms with Gasteiger partial charge in [0.15, 0.2) is 0 Å². The Labute approximate surface area is 177 Å². The quantitative estimate of drug-likeness (QED) is 0.493. The number of aryl methyl sites for hydroxylation is 1. The highest BCUT2D eigenvalue weighted by atomic mass is 19.1. The summed E-state index contributed by atoms with van der Waals surface area (Å²) in [5, 5.41) is 11.1. The molecule has 0 saturated heterocycles. The van der Waals surface area contributed by atoms with Crippen LogP contribution in [0.3, 0.4) is 0 Å². The van der Waals surface area contributed by atoms with Crippen molar-refractivity contribution in [3.8, 4) is 5.69 Å². The number of nitrogens with one attached hydrogen (secondary N) is 2. The molecule has 158 valence electrons. The molecule has 8 nitrogen and oxygen atoms in total. The van der Waals surface area contributed by atoms with Crippen LogP contribution in [0.1, 0.15) is 41.4 Å². The maximum Gasteiger partial charge on any atom is 0.255 e. The lowest BCUT2D eigenvalue weighted by atomic mass is 10.1. The standard InChI is InChI=1S/C22H21FN6O2/c1-13-17(18-19(28-22(2)6-7-22)25-12-26-21(18)31-13)20(30)24-9-14-10-27-29(11-14)16-5-3-4-15(23)8-16/h3-5,8,10-12H,6-7,9H2,1-2H3,(H,24,30)(H,25,26,28). The molecule has 0 radical (unpaired) electrons. The van der Waals surface area contributed by atoms with Crippen molar-refractivity contribution in [2.45, 2.75) is 38.8 Å². The van der Waals surface area contributed by atoms with Crippen LogP contribution in [0.25, 0.3) is 16.8 Å². The first kappa shape index (κ1) is 19.2. The molecule has 2 N–H and O–H groups in total. The van der Waals surface area contributed by atoms with Crippen LogP contribution in [0.4, 0.5) is 10.2 Å². The molecule has 0 aliphatic heterocycles. The van der Waals surface area contributed by atoms with Crippen molar-refractivity contribution in [1.29, 1.82) is 0 Å². The number of amides is 1. The summed E-state index contributed by atoms with van der Waals surface area (Å²) >= 11 is 0. The molecule has 0 atom stereocenters. The Morgan fingerprint density at radius 1 is 1.32 bits per heavy atom. The maximum atomic E-state index is 13.5. The van der Waals surface area contributed by atoms with Crippen LogP contribution in [-0.2, 0) is 6.54 Å². The minimum Gasteiger partial charge on any atom is -0.442 e. The zero-order valence-corrected chi connectivity index (χ0v) is 17.1. The van der Waals surface area contributed by atoms with Gasteiger partial charge in [0, 0.05) is 23.8 Å². The Kier molecular flexibility index (Phi) is 4.46. The molecule has 3 aromatic heterocycles. The molecule has 9 heteroatoms. The summed E-state index contributed by atoms with van der Waals surface area (Å²) in [4.78, 5) is 21.6. The molecular weight excluding hydrogens is 399 g/mol. The minimum atomic E-state index is -0.336. The molecule has 1 fully saturated rings. The molecular formula is C22H21FN6O2. The van der Waals surface area contributed by atoms with E-state index >= 15 is 0 Å². The first-order valence-corrected chi connectivity index (χ1v) is 10.0. The number of halogens is 1. The summed E-state index contributed by atoms with van der Waals surface area (Å²) in [5.74, 6) is 0.462. The highest BCUT2D eigenvalue weighted by Crippen LogP contribution is 2.40. The van der Waals surface area contributed by atoms with Gasteiger partial charge in [0.1, 0.15) is 23.7 Å². The van der Waals surface area contributed by atoms with Gasteiger partial charge < -0.3 is 15.1 Å². The number of rotatable bonds is 6. The monoisotopic (exact) mass is 420 g/mol. The van der Waals surface area contributed by atoms with Crippen LogP contribution < -0.4 is 10.6 Å². The van der Waals surface area contributed by atoms with Crippen molar-refractivity contribution < 1.29 is 13.6 Å².